The Hall–Kier alpha value is -1.74. The minimum atomic E-state index is -3.61. The minimum Gasteiger partial charge on any atom is -0.377 e. The zero-order valence-corrected chi connectivity index (χ0v) is 17.2. The molecule has 8 heteroatoms. The van der Waals surface area contributed by atoms with Crippen LogP contribution in [0.2, 0.25) is 0 Å². The van der Waals surface area contributed by atoms with Crippen molar-refractivity contribution < 1.29 is 17.9 Å². The highest BCUT2D eigenvalue weighted by Crippen LogP contribution is 2.30. The maximum atomic E-state index is 13.0. The van der Waals surface area contributed by atoms with Gasteiger partial charge in [0.05, 0.1) is 11.0 Å². The van der Waals surface area contributed by atoms with Crippen LogP contribution in [0.25, 0.3) is 0 Å². The Morgan fingerprint density at radius 3 is 2.57 bits per heavy atom. The zero-order chi connectivity index (χ0) is 19.6. The fourth-order valence-corrected chi connectivity index (χ4v) is 5.09. The Morgan fingerprint density at radius 2 is 1.96 bits per heavy atom. The van der Waals surface area contributed by atoms with Crippen molar-refractivity contribution in [3.8, 4) is 0 Å². The largest absolute Gasteiger partial charge is 0.377 e. The van der Waals surface area contributed by atoms with Crippen LogP contribution in [-0.4, -0.2) is 44.5 Å². The minimum absolute atomic E-state index is 0.0510. The van der Waals surface area contributed by atoms with Gasteiger partial charge in [-0.05, 0) is 72.3 Å². The summed E-state index contributed by atoms with van der Waals surface area (Å²) in [5, 5.41) is 4.06. The summed E-state index contributed by atoms with van der Waals surface area (Å²) in [6, 6.07) is 8.52. The first-order chi connectivity index (χ1) is 13.5. The number of nitrogens with one attached hydrogen (secondary N) is 1. The second kappa shape index (κ2) is 8.32. The topological polar surface area (TPSA) is 75.7 Å². The highest BCUT2D eigenvalue weighted by molar-refractivity contribution is 7.89. The van der Waals surface area contributed by atoms with Crippen molar-refractivity contribution >= 4 is 27.3 Å². The molecule has 1 saturated carbocycles. The van der Waals surface area contributed by atoms with E-state index in [1.807, 2.05) is 16.3 Å². The van der Waals surface area contributed by atoms with E-state index in [4.69, 9.17) is 4.74 Å². The van der Waals surface area contributed by atoms with Crippen molar-refractivity contribution in [3.63, 3.8) is 0 Å². The lowest BCUT2D eigenvalue weighted by molar-refractivity contribution is 0.0730. The third-order valence-corrected chi connectivity index (χ3v) is 7.29. The molecular weight excluding hydrogens is 396 g/mol. The first kappa shape index (κ1) is 19.6. The fourth-order valence-electron chi connectivity index (χ4n) is 3.37. The van der Waals surface area contributed by atoms with E-state index in [9.17, 15) is 13.2 Å². The molecular formula is C20H24N2O4S2. The molecule has 1 unspecified atom stereocenters. The molecule has 1 aliphatic carbocycles. The zero-order valence-electron chi connectivity index (χ0n) is 15.5. The normalized spacial score (nSPS) is 19.6. The van der Waals surface area contributed by atoms with Gasteiger partial charge >= 0.3 is 0 Å². The maximum Gasteiger partial charge on any atom is 0.254 e. The molecule has 2 aromatic rings. The number of benzene rings is 1. The number of thiophene rings is 1. The number of hydrogen-bond donors (Lipinski definition) is 1. The molecule has 1 aliphatic heterocycles. The molecule has 0 radical (unpaired) electrons. The number of nitrogens with zero attached hydrogens (tertiary/aromatic N) is 1. The van der Waals surface area contributed by atoms with E-state index in [0.29, 0.717) is 18.7 Å². The van der Waals surface area contributed by atoms with Gasteiger partial charge in [-0.25, -0.2) is 13.1 Å². The van der Waals surface area contributed by atoms with Crippen LogP contribution >= 0.6 is 11.3 Å². The van der Waals surface area contributed by atoms with Crippen molar-refractivity contribution in [3.05, 3.63) is 52.2 Å². The van der Waals surface area contributed by atoms with Crippen LogP contribution in [0.5, 0.6) is 0 Å². The van der Waals surface area contributed by atoms with E-state index in [1.165, 1.54) is 12.1 Å². The van der Waals surface area contributed by atoms with Gasteiger partial charge in [-0.15, -0.1) is 0 Å². The number of ether oxygens (including phenoxy) is 1. The van der Waals surface area contributed by atoms with E-state index in [0.717, 1.165) is 31.2 Å². The van der Waals surface area contributed by atoms with E-state index in [-0.39, 0.29) is 29.5 Å². The Labute approximate surface area is 169 Å². The molecule has 0 spiro atoms. The number of amides is 1. The molecule has 1 saturated heterocycles. The van der Waals surface area contributed by atoms with Gasteiger partial charge in [-0.1, -0.05) is 0 Å². The maximum absolute atomic E-state index is 13.0. The molecule has 1 amide bonds. The number of hydrogen-bond acceptors (Lipinski definition) is 5. The van der Waals surface area contributed by atoms with Gasteiger partial charge in [0.2, 0.25) is 10.0 Å². The summed E-state index contributed by atoms with van der Waals surface area (Å²) in [7, 11) is -3.61. The first-order valence-corrected chi connectivity index (χ1v) is 12.0. The molecule has 150 valence electrons. The van der Waals surface area contributed by atoms with Gasteiger partial charge in [0.25, 0.3) is 5.91 Å². The summed E-state index contributed by atoms with van der Waals surface area (Å²) < 4.78 is 33.0. The second-order valence-corrected chi connectivity index (χ2v) is 9.85. The number of carbonyl (C=O) groups is 1. The van der Waals surface area contributed by atoms with E-state index in [1.54, 1.807) is 23.5 Å². The highest BCUT2D eigenvalue weighted by Gasteiger charge is 2.33. The molecule has 1 N–H and O–H groups in total. The van der Waals surface area contributed by atoms with Crippen molar-refractivity contribution in [2.45, 2.75) is 49.3 Å². The van der Waals surface area contributed by atoms with Gasteiger partial charge in [0.15, 0.2) is 0 Å². The summed E-state index contributed by atoms with van der Waals surface area (Å²) in [5.41, 5.74) is 1.64. The monoisotopic (exact) mass is 420 g/mol. The Morgan fingerprint density at radius 1 is 1.18 bits per heavy atom. The number of sulfonamides is 1. The van der Waals surface area contributed by atoms with Gasteiger partial charge in [0, 0.05) is 31.3 Å². The smallest absolute Gasteiger partial charge is 0.254 e. The molecule has 1 atom stereocenters. The molecule has 28 heavy (non-hydrogen) atoms. The van der Waals surface area contributed by atoms with E-state index >= 15 is 0 Å². The average molecular weight is 421 g/mol. The number of carbonyl (C=O) groups excluding carboxylic acids is 1. The van der Waals surface area contributed by atoms with Crippen LogP contribution in [0, 0.1) is 0 Å². The fraction of sp³-hybridized carbons (Fsp3) is 0.450. The summed E-state index contributed by atoms with van der Waals surface area (Å²) in [5.74, 6) is -0.0510. The van der Waals surface area contributed by atoms with Crippen molar-refractivity contribution in [1.29, 1.82) is 0 Å². The third kappa shape index (κ3) is 4.63. The Bertz CT molecular complexity index is 900. The lowest BCUT2D eigenvalue weighted by atomic mass is 10.2. The molecule has 2 fully saturated rings. The van der Waals surface area contributed by atoms with Crippen LogP contribution in [0.1, 0.15) is 41.6 Å². The SMILES string of the molecule is O=C(c1ccc(S(=O)(=O)NCC2CCCO2)cc1)N(Cc1ccsc1)C1CC1. The van der Waals surface area contributed by atoms with Gasteiger partial charge < -0.3 is 9.64 Å². The third-order valence-electron chi connectivity index (χ3n) is 5.12. The Kier molecular flexibility index (Phi) is 5.82. The Balaban J connectivity index is 1.43. The first-order valence-electron chi connectivity index (χ1n) is 9.56. The molecule has 0 bridgehead atoms. The standard InChI is InChI=1S/C20H24N2O4S2/c23-20(22(17-5-6-17)13-15-9-11-27-14-15)16-3-7-19(8-4-16)28(24,25)21-12-18-2-1-10-26-18/h3-4,7-9,11,14,17-18,21H,1-2,5-6,10,12-13H2. The molecule has 1 aromatic heterocycles. The second-order valence-electron chi connectivity index (χ2n) is 7.31. The highest BCUT2D eigenvalue weighted by atomic mass is 32.2. The lowest BCUT2D eigenvalue weighted by Crippen LogP contribution is -2.33. The van der Waals surface area contributed by atoms with Gasteiger partial charge in [-0.3, -0.25) is 4.79 Å². The van der Waals surface area contributed by atoms with Crippen molar-refractivity contribution in [1.82, 2.24) is 9.62 Å². The van der Waals surface area contributed by atoms with Crippen LogP contribution in [0.15, 0.2) is 46.0 Å². The lowest BCUT2D eigenvalue weighted by Gasteiger charge is -2.22. The summed E-state index contributed by atoms with van der Waals surface area (Å²) >= 11 is 1.62. The van der Waals surface area contributed by atoms with Crippen molar-refractivity contribution in [2.75, 3.05) is 13.2 Å². The average Bonchev–Trinajstić information content (AvgIpc) is 3.18. The van der Waals surface area contributed by atoms with E-state index < -0.39 is 10.0 Å². The van der Waals surface area contributed by atoms with Gasteiger partial charge in [-0.2, -0.15) is 11.3 Å². The molecule has 6 nitrogen and oxygen atoms in total. The molecule has 2 aliphatic rings. The molecule has 4 rings (SSSR count). The predicted molar refractivity (Wildman–Crippen MR) is 108 cm³/mol. The van der Waals surface area contributed by atoms with Gasteiger partial charge in [0.1, 0.15) is 0 Å². The predicted octanol–water partition coefficient (Wildman–Crippen LogP) is 3.01. The summed E-state index contributed by atoms with van der Waals surface area (Å²) in [6.45, 7) is 1.56. The van der Waals surface area contributed by atoms with E-state index in [2.05, 4.69) is 10.1 Å². The van der Waals surface area contributed by atoms with Crippen molar-refractivity contribution in [2.24, 2.45) is 0 Å². The quantitative estimate of drug-likeness (QED) is 0.712. The molecule has 1 aromatic carbocycles. The van der Waals surface area contributed by atoms with Crippen LogP contribution in [0.4, 0.5) is 0 Å². The van der Waals surface area contributed by atoms with Crippen LogP contribution in [-0.2, 0) is 21.3 Å². The van der Waals surface area contributed by atoms with Crippen LogP contribution in [0.3, 0.4) is 0 Å². The number of rotatable bonds is 8. The van der Waals surface area contributed by atoms with Crippen LogP contribution < -0.4 is 4.72 Å². The summed E-state index contributed by atoms with van der Waals surface area (Å²) in [6.07, 6.45) is 3.83. The molecule has 2 heterocycles. The summed E-state index contributed by atoms with van der Waals surface area (Å²) in [4.78, 5) is 15.0.